The maximum Gasteiger partial charge on any atom is 0.335 e. The Labute approximate surface area is 217 Å². The molecule has 1 aromatic heterocycles. The normalized spacial score (nSPS) is 26.1. The third kappa shape index (κ3) is 4.55. The summed E-state index contributed by atoms with van der Waals surface area (Å²) in [7, 11) is 3.26. The highest BCUT2D eigenvalue weighted by molar-refractivity contribution is 5.88. The average molecular weight is 503 g/mol. The number of nitrogens with one attached hydrogen (secondary N) is 1. The molecule has 4 fully saturated rings. The molecule has 0 saturated heterocycles. The van der Waals surface area contributed by atoms with Crippen LogP contribution >= 0.6 is 0 Å². The van der Waals surface area contributed by atoms with E-state index in [0.717, 1.165) is 46.0 Å². The minimum Gasteiger partial charge on any atom is -0.488 e. The van der Waals surface area contributed by atoms with Crippen LogP contribution in [0.2, 0.25) is 0 Å². The molecular formula is C30H34N2O5. The molecule has 4 aliphatic carbocycles. The van der Waals surface area contributed by atoms with Crippen LogP contribution in [0.1, 0.15) is 54.4 Å². The zero-order chi connectivity index (χ0) is 25.6. The van der Waals surface area contributed by atoms with Crippen molar-refractivity contribution in [2.24, 2.45) is 17.8 Å². The minimum absolute atomic E-state index is 0.154. The van der Waals surface area contributed by atoms with Crippen molar-refractivity contribution in [2.75, 3.05) is 20.8 Å². The van der Waals surface area contributed by atoms with Crippen molar-refractivity contribution >= 4 is 5.97 Å². The van der Waals surface area contributed by atoms with Gasteiger partial charge in [0.05, 0.1) is 17.0 Å². The van der Waals surface area contributed by atoms with Gasteiger partial charge >= 0.3 is 5.97 Å². The Morgan fingerprint density at radius 3 is 2.19 bits per heavy atom. The zero-order valence-electron chi connectivity index (χ0n) is 21.4. The van der Waals surface area contributed by atoms with E-state index in [4.69, 9.17) is 14.2 Å². The molecule has 1 heterocycles. The third-order valence-corrected chi connectivity index (χ3v) is 8.81. The van der Waals surface area contributed by atoms with Gasteiger partial charge in [-0.3, -0.25) is 5.10 Å². The number of carbonyl (C=O) groups is 1. The van der Waals surface area contributed by atoms with E-state index in [9.17, 15) is 9.90 Å². The molecule has 0 aliphatic heterocycles. The number of benzene rings is 2. The zero-order valence-corrected chi connectivity index (χ0v) is 21.4. The molecule has 2 N–H and O–H groups in total. The predicted molar refractivity (Wildman–Crippen MR) is 140 cm³/mol. The van der Waals surface area contributed by atoms with E-state index in [-0.39, 0.29) is 11.0 Å². The van der Waals surface area contributed by atoms with Crippen LogP contribution in [0, 0.1) is 17.8 Å². The second kappa shape index (κ2) is 9.62. The largest absolute Gasteiger partial charge is 0.488 e. The van der Waals surface area contributed by atoms with E-state index in [1.54, 1.807) is 38.5 Å². The fourth-order valence-corrected chi connectivity index (χ4v) is 7.47. The molecule has 37 heavy (non-hydrogen) atoms. The Balaban J connectivity index is 1.34. The number of aromatic amines is 1. The number of nitrogens with zero attached hydrogens (tertiary/aromatic N) is 1. The molecule has 0 radical (unpaired) electrons. The first-order valence-electron chi connectivity index (χ1n) is 13.2. The van der Waals surface area contributed by atoms with Gasteiger partial charge in [0.15, 0.2) is 6.29 Å². The molecule has 0 spiro atoms. The summed E-state index contributed by atoms with van der Waals surface area (Å²) in [5, 5.41) is 16.9. The first-order chi connectivity index (χ1) is 18.0. The second-order valence-corrected chi connectivity index (χ2v) is 11.2. The number of H-pyrrole nitrogens is 1. The fourth-order valence-electron chi connectivity index (χ4n) is 7.47. The topological polar surface area (TPSA) is 93.7 Å². The van der Waals surface area contributed by atoms with Crippen molar-refractivity contribution < 1.29 is 24.1 Å². The number of aromatic carboxylic acids is 1. The van der Waals surface area contributed by atoms with Gasteiger partial charge < -0.3 is 19.3 Å². The van der Waals surface area contributed by atoms with Crippen molar-refractivity contribution in [1.82, 2.24) is 10.2 Å². The summed E-state index contributed by atoms with van der Waals surface area (Å²) < 4.78 is 17.1. The Hall–Kier alpha value is -3.16. The van der Waals surface area contributed by atoms with Crippen LogP contribution in [-0.4, -0.2) is 48.4 Å². The Kier molecular flexibility index (Phi) is 6.29. The summed E-state index contributed by atoms with van der Waals surface area (Å²) >= 11 is 0. The van der Waals surface area contributed by atoms with E-state index in [1.807, 2.05) is 6.07 Å². The fraction of sp³-hybridized carbons (Fsp3) is 0.467. The van der Waals surface area contributed by atoms with Gasteiger partial charge in [-0.2, -0.15) is 5.10 Å². The highest BCUT2D eigenvalue weighted by Gasteiger charge is 2.52. The van der Waals surface area contributed by atoms with Gasteiger partial charge in [-0.25, -0.2) is 4.79 Å². The Bertz CT molecular complexity index is 1240. The summed E-state index contributed by atoms with van der Waals surface area (Å²) in [5.41, 5.74) is 5.39. The minimum atomic E-state index is -0.932. The summed E-state index contributed by atoms with van der Waals surface area (Å²) in [6.07, 6.45) is 7.44. The number of hydrogen-bond acceptors (Lipinski definition) is 5. The number of carboxylic acids is 1. The molecule has 194 valence electrons. The highest BCUT2D eigenvalue weighted by Crippen LogP contribution is 2.62. The lowest BCUT2D eigenvalue weighted by molar-refractivity contribution is -0.122. The molecular weight excluding hydrogens is 468 g/mol. The van der Waals surface area contributed by atoms with E-state index in [0.29, 0.717) is 6.61 Å². The highest BCUT2D eigenvalue weighted by atomic mass is 16.7. The second-order valence-electron chi connectivity index (χ2n) is 11.2. The number of carboxylic acid groups (broad SMARTS) is 1. The SMILES string of the molecule is COC(COc1ccc(-c2cc(-c3ccc(C(=O)O)cc3)[nH]n2)cc1C12CC3CC(CC(C3)C1)C2)OC. The van der Waals surface area contributed by atoms with Crippen molar-refractivity contribution in [1.29, 1.82) is 0 Å². The van der Waals surface area contributed by atoms with Gasteiger partial charge in [0.1, 0.15) is 12.4 Å². The lowest BCUT2D eigenvalue weighted by Gasteiger charge is -2.57. The van der Waals surface area contributed by atoms with Crippen LogP contribution in [0.4, 0.5) is 0 Å². The molecule has 0 unspecified atom stereocenters. The van der Waals surface area contributed by atoms with Crippen molar-refractivity contribution in [3.05, 3.63) is 59.7 Å². The van der Waals surface area contributed by atoms with Crippen LogP contribution in [0.25, 0.3) is 22.5 Å². The lowest BCUT2D eigenvalue weighted by atomic mass is 9.48. The maximum absolute atomic E-state index is 11.2. The van der Waals surface area contributed by atoms with Gasteiger partial charge in [0.25, 0.3) is 0 Å². The summed E-state index contributed by atoms with van der Waals surface area (Å²) in [5.74, 6) is 2.45. The standard InChI is InChI=1S/C30H34N2O5/c1-35-28(36-2)17-37-27-8-7-23(12-24(27)30-14-18-9-19(15-30)11-20(10-18)16-30)26-13-25(31-32-26)21-3-5-22(6-4-21)29(33)34/h3-8,12-13,18-20,28H,9-11,14-17H2,1-2H3,(H,31,32)(H,33,34). The van der Waals surface area contributed by atoms with Gasteiger partial charge in [-0.15, -0.1) is 0 Å². The smallest absolute Gasteiger partial charge is 0.335 e. The molecule has 0 atom stereocenters. The monoisotopic (exact) mass is 502 g/mol. The molecule has 4 bridgehead atoms. The van der Waals surface area contributed by atoms with E-state index in [2.05, 4.69) is 28.4 Å². The van der Waals surface area contributed by atoms with Gasteiger partial charge in [0.2, 0.25) is 0 Å². The molecule has 4 saturated carbocycles. The van der Waals surface area contributed by atoms with Crippen LogP contribution in [0.5, 0.6) is 5.75 Å². The van der Waals surface area contributed by atoms with Gasteiger partial charge in [-0.1, -0.05) is 12.1 Å². The predicted octanol–water partition coefficient (Wildman–Crippen LogP) is 5.91. The molecule has 3 aromatic rings. The van der Waals surface area contributed by atoms with Crippen LogP contribution < -0.4 is 4.74 Å². The summed E-state index contributed by atoms with van der Waals surface area (Å²) in [6.45, 7) is 0.338. The molecule has 7 nitrogen and oxygen atoms in total. The van der Waals surface area contributed by atoms with Gasteiger partial charge in [0, 0.05) is 25.3 Å². The first kappa shape index (κ1) is 24.2. The van der Waals surface area contributed by atoms with Crippen LogP contribution in [0.15, 0.2) is 48.5 Å². The third-order valence-electron chi connectivity index (χ3n) is 8.81. The number of hydrogen-bond donors (Lipinski definition) is 2. The average Bonchev–Trinajstić information content (AvgIpc) is 3.39. The number of ether oxygens (including phenoxy) is 3. The van der Waals surface area contributed by atoms with Crippen LogP contribution in [0.3, 0.4) is 0 Å². The van der Waals surface area contributed by atoms with Crippen molar-refractivity contribution in [2.45, 2.75) is 50.2 Å². The van der Waals surface area contributed by atoms with Gasteiger partial charge in [-0.05, 0) is 104 Å². The molecule has 7 rings (SSSR count). The Morgan fingerprint density at radius 2 is 1.59 bits per heavy atom. The first-order valence-corrected chi connectivity index (χ1v) is 13.2. The van der Waals surface area contributed by atoms with E-state index >= 15 is 0 Å². The van der Waals surface area contributed by atoms with Crippen molar-refractivity contribution in [3.8, 4) is 28.3 Å². The number of aromatic nitrogens is 2. The van der Waals surface area contributed by atoms with Crippen molar-refractivity contribution in [3.63, 3.8) is 0 Å². The molecule has 2 aromatic carbocycles. The molecule has 4 aliphatic rings. The summed E-state index contributed by atoms with van der Waals surface area (Å²) in [4.78, 5) is 11.2. The van der Waals surface area contributed by atoms with E-state index in [1.165, 1.54) is 44.1 Å². The van der Waals surface area contributed by atoms with E-state index < -0.39 is 12.3 Å². The quantitative estimate of drug-likeness (QED) is 0.354. The molecule has 0 amide bonds. The number of rotatable bonds is 9. The molecule has 7 heteroatoms. The maximum atomic E-state index is 11.2. The number of methoxy groups -OCH3 is 2. The summed E-state index contributed by atoms with van der Waals surface area (Å²) in [6, 6.07) is 15.3. The van der Waals surface area contributed by atoms with Crippen LogP contribution in [-0.2, 0) is 14.9 Å². The Morgan fingerprint density at radius 1 is 0.973 bits per heavy atom. The lowest BCUT2D eigenvalue weighted by Crippen LogP contribution is -2.48.